The lowest BCUT2D eigenvalue weighted by molar-refractivity contribution is -0.145. The molecule has 0 saturated carbocycles. The van der Waals surface area contributed by atoms with Crippen LogP contribution >= 0.6 is 12.4 Å². The minimum Gasteiger partial charge on any atom is -0.508 e. The molecular weight excluding hydrogens is 346 g/mol. The molecule has 4 N–H and O–H groups in total. The van der Waals surface area contributed by atoms with Crippen molar-refractivity contribution in [2.75, 3.05) is 13.7 Å². The summed E-state index contributed by atoms with van der Waals surface area (Å²) >= 11 is 0. The fourth-order valence-electron chi connectivity index (χ4n) is 3.23. The molecule has 1 heterocycles. The maximum atomic E-state index is 12.2. The van der Waals surface area contributed by atoms with Crippen molar-refractivity contribution in [2.24, 2.45) is 0 Å². The summed E-state index contributed by atoms with van der Waals surface area (Å²) in [6.45, 7) is 0.489. The molecule has 0 radical (unpaired) electrons. The Hall–Kier alpha value is -2.44. The molecule has 3 rings (SSSR count). The third-order valence-corrected chi connectivity index (χ3v) is 4.46. The number of fused-ring (bicyclic) bond motifs is 1. The molecule has 0 aromatic heterocycles. The number of halogens is 1. The number of carboxylic acids is 1. The molecule has 0 bridgehead atoms. The number of hydrogen-bond donors (Lipinski definition) is 4. The van der Waals surface area contributed by atoms with E-state index in [0.717, 1.165) is 11.1 Å². The lowest BCUT2D eigenvalue weighted by Crippen LogP contribution is -2.54. The number of nitrogens with one attached hydrogen (secondary N) is 1. The van der Waals surface area contributed by atoms with Gasteiger partial charge in [-0.3, -0.25) is 5.32 Å². The van der Waals surface area contributed by atoms with E-state index in [2.05, 4.69) is 5.32 Å². The van der Waals surface area contributed by atoms with E-state index in [1.165, 1.54) is 19.2 Å². The van der Waals surface area contributed by atoms with E-state index in [0.29, 0.717) is 18.5 Å². The molecule has 2 aromatic carbocycles. The number of ether oxygens (including phenoxy) is 1. The zero-order valence-electron chi connectivity index (χ0n) is 13.7. The second-order valence-corrected chi connectivity index (χ2v) is 5.91. The molecule has 1 aliphatic rings. The van der Waals surface area contributed by atoms with Crippen LogP contribution in [0.2, 0.25) is 0 Å². The maximum absolute atomic E-state index is 12.2. The van der Waals surface area contributed by atoms with E-state index in [-0.39, 0.29) is 36.1 Å². The molecule has 2 aromatic rings. The Labute approximate surface area is 151 Å². The summed E-state index contributed by atoms with van der Waals surface area (Å²) in [4.78, 5) is 12.2. The highest BCUT2D eigenvalue weighted by atomic mass is 35.5. The monoisotopic (exact) mass is 365 g/mol. The van der Waals surface area contributed by atoms with Gasteiger partial charge in [0, 0.05) is 13.0 Å². The summed E-state index contributed by atoms with van der Waals surface area (Å²) in [6, 6.07) is 9.63. The van der Waals surface area contributed by atoms with Gasteiger partial charge in [-0.15, -0.1) is 12.4 Å². The second kappa shape index (κ2) is 7.21. The summed E-state index contributed by atoms with van der Waals surface area (Å²) < 4.78 is 5.15. The maximum Gasteiger partial charge on any atom is 0.328 e. The summed E-state index contributed by atoms with van der Waals surface area (Å²) in [7, 11) is 1.43. The standard InChI is InChI=1S/C18H19NO5.ClH/c1-24-16-9-14-12(8-15(16)21)6-7-19-18(14,17(22)23)10-11-2-4-13(20)5-3-11;/h2-5,8-9,19-21H,6-7,10H2,1H3,(H,22,23);1H. The SMILES string of the molecule is COc1cc2c(cc1O)CCNC2(Cc1ccc(O)cc1)C(=O)O.Cl. The number of benzene rings is 2. The Morgan fingerprint density at radius 2 is 1.92 bits per heavy atom. The van der Waals surface area contributed by atoms with Gasteiger partial charge >= 0.3 is 5.97 Å². The zero-order chi connectivity index (χ0) is 17.3. The first-order chi connectivity index (χ1) is 11.5. The predicted molar refractivity (Wildman–Crippen MR) is 94.7 cm³/mol. The number of methoxy groups -OCH3 is 1. The molecule has 1 atom stereocenters. The van der Waals surface area contributed by atoms with Crippen molar-refractivity contribution in [3.63, 3.8) is 0 Å². The molecule has 1 aliphatic heterocycles. The van der Waals surface area contributed by atoms with E-state index < -0.39 is 11.5 Å². The third kappa shape index (κ3) is 3.36. The fourth-order valence-corrected chi connectivity index (χ4v) is 3.23. The summed E-state index contributed by atoms with van der Waals surface area (Å²) in [5.41, 5.74) is 0.839. The average Bonchev–Trinajstić information content (AvgIpc) is 2.56. The van der Waals surface area contributed by atoms with Gasteiger partial charge in [-0.1, -0.05) is 12.1 Å². The van der Waals surface area contributed by atoms with Crippen molar-refractivity contribution in [3.05, 3.63) is 53.1 Å². The van der Waals surface area contributed by atoms with Gasteiger partial charge in [0.2, 0.25) is 0 Å². The van der Waals surface area contributed by atoms with Crippen molar-refractivity contribution >= 4 is 18.4 Å². The van der Waals surface area contributed by atoms with Crippen LogP contribution < -0.4 is 10.1 Å². The molecular formula is C18H20ClNO5. The first-order valence-corrected chi connectivity index (χ1v) is 7.63. The van der Waals surface area contributed by atoms with Crippen LogP contribution in [0, 0.1) is 0 Å². The molecule has 25 heavy (non-hydrogen) atoms. The minimum absolute atomic E-state index is 0. The van der Waals surface area contributed by atoms with Crippen molar-refractivity contribution in [1.82, 2.24) is 5.32 Å². The molecule has 7 heteroatoms. The third-order valence-electron chi connectivity index (χ3n) is 4.46. The quantitative estimate of drug-likeness (QED) is 0.663. The van der Waals surface area contributed by atoms with Gasteiger partial charge in [0.05, 0.1) is 7.11 Å². The van der Waals surface area contributed by atoms with E-state index in [9.17, 15) is 20.1 Å². The van der Waals surface area contributed by atoms with E-state index in [1.54, 1.807) is 24.3 Å². The van der Waals surface area contributed by atoms with Gasteiger partial charge in [0.1, 0.15) is 11.3 Å². The minimum atomic E-state index is -1.31. The van der Waals surface area contributed by atoms with Crippen molar-refractivity contribution in [1.29, 1.82) is 0 Å². The molecule has 0 saturated heterocycles. The van der Waals surface area contributed by atoms with E-state index in [1.807, 2.05) is 0 Å². The van der Waals surface area contributed by atoms with Crippen molar-refractivity contribution < 1.29 is 24.9 Å². The highest BCUT2D eigenvalue weighted by molar-refractivity contribution is 5.85. The van der Waals surface area contributed by atoms with Crippen LogP contribution in [0.15, 0.2) is 36.4 Å². The number of carboxylic acid groups (broad SMARTS) is 1. The smallest absolute Gasteiger partial charge is 0.328 e. The number of carbonyl (C=O) groups is 1. The lowest BCUT2D eigenvalue weighted by Gasteiger charge is -2.37. The average molecular weight is 366 g/mol. The van der Waals surface area contributed by atoms with Crippen LogP contribution in [0.4, 0.5) is 0 Å². The Bertz CT molecular complexity index is 778. The number of phenols is 2. The van der Waals surface area contributed by atoms with Crippen LogP contribution in [0.5, 0.6) is 17.2 Å². The van der Waals surface area contributed by atoms with Gasteiger partial charge in [-0.05, 0) is 47.4 Å². The van der Waals surface area contributed by atoms with E-state index >= 15 is 0 Å². The van der Waals surface area contributed by atoms with Gasteiger partial charge in [0.25, 0.3) is 0 Å². The number of aromatic hydroxyl groups is 2. The Kier molecular flexibility index (Phi) is 5.45. The van der Waals surface area contributed by atoms with Crippen LogP contribution in [-0.4, -0.2) is 34.9 Å². The number of aliphatic carboxylic acids is 1. The molecule has 0 aliphatic carbocycles. The molecule has 1 unspecified atom stereocenters. The van der Waals surface area contributed by atoms with Crippen LogP contribution in [-0.2, 0) is 23.2 Å². The summed E-state index contributed by atoms with van der Waals surface area (Å²) in [5, 5.41) is 32.5. The van der Waals surface area contributed by atoms with E-state index in [4.69, 9.17) is 4.74 Å². The fraction of sp³-hybridized carbons (Fsp3) is 0.278. The normalized spacial score (nSPS) is 18.8. The number of phenolic OH excluding ortho intramolecular Hbond substituents is 2. The molecule has 0 spiro atoms. The highest BCUT2D eigenvalue weighted by Gasteiger charge is 2.44. The van der Waals surface area contributed by atoms with Crippen molar-refractivity contribution in [3.8, 4) is 17.2 Å². The predicted octanol–water partition coefficient (Wildman–Crippen LogP) is 2.20. The Morgan fingerprint density at radius 1 is 1.24 bits per heavy atom. The number of rotatable bonds is 4. The van der Waals surface area contributed by atoms with Crippen LogP contribution in [0.3, 0.4) is 0 Å². The van der Waals surface area contributed by atoms with Crippen LogP contribution in [0.25, 0.3) is 0 Å². The second-order valence-electron chi connectivity index (χ2n) is 5.91. The van der Waals surface area contributed by atoms with Gasteiger partial charge in [-0.2, -0.15) is 0 Å². The molecule has 6 nitrogen and oxygen atoms in total. The highest BCUT2D eigenvalue weighted by Crippen LogP contribution is 2.39. The lowest BCUT2D eigenvalue weighted by atomic mass is 9.78. The number of hydrogen-bond acceptors (Lipinski definition) is 5. The van der Waals surface area contributed by atoms with Gasteiger partial charge in [0.15, 0.2) is 11.5 Å². The molecule has 0 amide bonds. The molecule has 0 fully saturated rings. The first kappa shape index (κ1) is 18.9. The van der Waals surface area contributed by atoms with Gasteiger partial charge < -0.3 is 20.1 Å². The largest absolute Gasteiger partial charge is 0.508 e. The zero-order valence-corrected chi connectivity index (χ0v) is 14.5. The molecule has 134 valence electrons. The summed E-state index contributed by atoms with van der Waals surface area (Å²) in [5.74, 6) is -0.619. The van der Waals surface area contributed by atoms with Gasteiger partial charge in [-0.25, -0.2) is 4.79 Å². The topological polar surface area (TPSA) is 99.0 Å². The Morgan fingerprint density at radius 3 is 2.52 bits per heavy atom. The van der Waals surface area contributed by atoms with Crippen molar-refractivity contribution in [2.45, 2.75) is 18.4 Å². The summed E-state index contributed by atoms with van der Waals surface area (Å²) in [6.07, 6.45) is 0.834. The Balaban J connectivity index is 0.00000225. The first-order valence-electron chi connectivity index (χ1n) is 7.63. The van der Waals surface area contributed by atoms with Crippen LogP contribution in [0.1, 0.15) is 16.7 Å².